The smallest absolute Gasteiger partial charge is 0.293 e. The van der Waals surface area contributed by atoms with Gasteiger partial charge in [-0.15, -0.1) is 0 Å². The first-order valence-electron chi connectivity index (χ1n) is 6.88. The lowest BCUT2D eigenvalue weighted by molar-refractivity contribution is -0.384. The van der Waals surface area contributed by atoms with Crippen molar-refractivity contribution >= 4 is 21.4 Å². The molecule has 0 aromatic heterocycles. The second-order valence-corrected chi connectivity index (χ2v) is 7.07. The molecule has 0 heterocycles. The molecule has 0 aliphatic heterocycles. The highest BCUT2D eigenvalue weighted by atomic mass is 32.2. The number of nitrogens with one attached hydrogen (secondary N) is 1. The second-order valence-electron chi connectivity index (χ2n) is 5.07. The fourth-order valence-corrected chi connectivity index (χ4v) is 3.71. The molecule has 1 saturated carbocycles. The number of hydrogen-bond donors (Lipinski definition) is 1. The largest absolute Gasteiger partial charge is 0.380 e. The summed E-state index contributed by atoms with van der Waals surface area (Å²) in [6, 6.07) is 3.99. The Hall–Kier alpha value is -1.67. The number of nitro benzene ring substituents is 1. The highest BCUT2D eigenvalue weighted by molar-refractivity contribution is 7.89. The Labute approximate surface area is 124 Å². The maximum Gasteiger partial charge on any atom is 0.293 e. The summed E-state index contributed by atoms with van der Waals surface area (Å²) < 4.78 is 26.3. The highest BCUT2D eigenvalue weighted by Crippen LogP contribution is 2.32. The molecule has 1 fully saturated rings. The molecule has 0 saturated heterocycles. The molecule has 21 heavy (non-hydrogen) atoms. The normalized spacial score (nSPS) is 15.8. The number of benzene rings is 1. The number of sulfonamides is 1. The van der Waals surface area contributed by atoms with Gasteiger partial charge >= 0.3 is 0 Å². The van der Waals surface area contributed by atoms with Gasteiger partial charge in [0.2, 0.25) is 10.0 Å². The molecule has 0 bridgehead atoms. The molecule has 116 valence electrons. The van der Waals surface area contributed by atoms with Gasteiger partial charge in [0.15, 0.2) is 0 Å². The summed E-state index contributed by atoms with van der Waals surface area (Å²) in [5.41, 5.74) is 0.104. The van der Waals surface area contributed by atoms with Crippen LogP contribution in [0.1, 0.15) is 26.2 Å². The third-order valence-electron chi connectivity index (χ3n) is 3.80. The zero-order chi connectivity index (χ0) is 15.6. The number of anilines is 1. The average Bonchev–Trinajstić information content (AvgIpc) is 2.37. The van der Waals surface area contributed by atoms with Crippen LogP contribution in [0.5, 0.6) is 0 Å². The lowest BCUT2D eigenvalue weighted by atomic mass is 9.94. The number of nitrogens with zero attached hydrogens (tertiary/aromatic N) is 2. The Morgan fingerprint density at radius 1 is 1.43 bits per heavy atom. The molecular weight excluding hydrogens is 294 g/mol. The third-order valence-corrected chi connectivity index (χ3v) is 5.71. The van der Waals surface area contributed by atoms with Gasteiger partial charge in [0, 0.05) is 25.7 Å². The standard InChI is InChI=1S/C13H19N3O4S/c1-3-14-12-8-7-11(9-13(12)16(17)18)21(19,20)15(2)10-5-4-6-10/h7-10,14H,3-6H2,1-2H3. The van der Waals surface area contributed by atoms with Gasteiger partial charge in [-0.25, -0.2) is 8.42 Å². The summed E-state index contributed by atoms with van der Waals surface area (Å²) in [5.74, 6) is 0. The maximum absolute atomic E-state index is 12.5. The fraction of sp³-hybridized carbons (Fsp3) is 0.538. The minimum atomic E-state index is -3.69. The van der Waals surface area contributed by atoms with E-state index in [0.29, 0.717) is 12.2 Å². The Balaban J connectivity index is 2.39. The lowest BCUT2D eigenvalue weighted by Gasteiger charge is -2.33. The monoisotopic (exact) mass is 313 g/mol. The van der Waals surface area contributed by atoms with Crippen molar-refractivity contribution in [3.63, 3.8) is 0 Å². The third kappa shape index (κ3) is 3.01. The van der Waals surface area contributed by atoms with E-state index >= 15 is 0 Å². The van der Waals surface area contributed by atoms with E-state index < -0.39 is 14.9 Å². The van der Waals surface area contributed by atoms with Crippen molar-refractivity contribution in [2.24, 2.45) is 0 Å². The van der Waals surface area contributed by atoms with Gasteiger partial charge in [-0.05, 0) is 31.9 Å². The molecule has 1 aromatic rings. The van der Waals surface area contributed by atoms with E-state index in [1.165, 1.54) is 23.5 Å². The molecule has 0 radical (unpaired) electrons. The number of rotatable bonds is 6. The number of nitro groups is 1. The molecule has 7 nitrogen and oxygen atoms in total. The molecule has 1 aliphatic rings. The first-order chi connectivity index (χ1) is 9.87. The van der Waals surface area contributed by atoms with Crippen molar-refractivity contribution in [2.45, 2.75) is 37.1 Å². The van der Waals surface area contributed by atoms with E-state index in [1.54, 1.807) is 0 Å². The first kappa shape index (κ1) is 15.7. The van der Waals surface area contributed by atoms with Gasteiger partial charge in [-0.2, -0.15) is 4.31 Å². The molecule has 1 aliphatic carbocycles. The average molecular weight is 313 g/mol. The molecule has 0 atom stereocenters. The van der Waals surface area contributed by atoms with Gasteiger partial charge < -0.3 is 5.32 Å². The molecular formula is C13H19N3O4S. The van der Waals surface area contributed by atoms with Gasteiger partial charge in [0.1, 0.15) is 5.69 Å². The Bertz CT molecular complexity index is 641. The molecule has 1 N–H and O–H groups in total. The van der Waals surface area contributed by atoms with E-state index in [0.717, 1.165) is 25.3 Å². The van der Waals surface area contributed by atoms with Crippen LogP contribution in [0.4, 0.5) is 11.4 Å². The molecule has 0 spiro atoms. The van der Waals surface area contributed by atoms with E-state index in [1.807, 2.05) is 6.92 Å². The predicted molar refractivity (Wildman–Crippen MR) is 79.8 cm³/mol. The van der Waals surface area contributed by atoms with Crippen LogP contribution in [0.25, 0.3) is 0 Å². The quantitative estimate of drug-likeness (QED) is 0.642. The van der Waals surface area contributed by atoms with Crippen molar-refractivity contribution in [1.82, 2.24) is 4.31 Å². The summed E-state index contributed by atoms with van der Waals surface area (Å²) >= 11 is 0. The van der Waals surface area contributed by atoms with Crippen LogP contribution in [-0.2, 0) is 10.0 Å². The SMILES string of the molecule is CCNc1ccc(S(=O)(=O)N(C)C2CCC2)cc1[N+](=O)[O-]. The van der Waals surface area contributed by atoms with Crippen molar-refractivity contribution in [2.75, 3.05) is 18.9 Å². The van der Waals surface area contributed by atoms with Crippen LogP contribution in [0.15, 0.2) is 23.1 Å². The molecule has 2 rings (SSSR count). The summed E-state index contributed by atoms with van der Waals surface area (Å²) in [7, 11) is -2.15. The Kier molecular flexibility index (Phi) is 4.48. The van der Waals surface area contributed by atoms with E-state index in [9.17, 15) is 18.5 Å². The Morgan fingerprint density at radius 3 is 2.57 bits per heavy atom. The van der Waals surface area contributed by atoms with Gasteiger partial charge in [-0.3, -0.25) is 10.1 Å². The van der Waals surface area contributed by atoms with E-state index in [4.69, 9.17) is 0 Å². The topological polar surface area (TPSA) is 92.6 Å². The van der Waals surface area contributed by atoms with Crippen molar-refractivity contribution < 1.29 is 13.3 Å². The zero-order valence-electron chi connectivity index (χ0n) is 12.1. The second kappa shape index (κ2) is 5.98. The number of hydrogen-bond acceptors (Lipinski definition) is 5. The highest BCUT2D eigenvalue weighted by Gasteiger charge is 2.32. The minimum Gasteiger partial charge on any atom is -0.380 e. The van der Waals surface area contributed by atoms with Gasteiger partial charge in [-0.1, -0.05) is 6.42 Å². The van der Waals surface area contributed by atoms with Gasteiger partial charge in [0.05, 0.1) is 9.82 Å². The van der Waals surface area contributed by atoms with Crippen LogP contribution in [-0.4, -0.2) is 37.3 Å². The van der Waals surface area contributed by atoms with Crippen LogP contribution >= 0.6 is 0 Å². The van der Waals surface area contributed by atoms with Crippen LogP contribution < -0.4 is 5.32 Å². The molecule has 8 heteroatoms. The molecule has 1 aromatic carbocycles. The first-order valence-corrected chi connectivity index (χ1v) is 8.32. The summed E-state index contributed by atoms with van der Waals surface area (Å²) in [5, 5.41) is 14.0. The summed E-state index contributed by atoms with van der Waals surface area (Å²) in [4.78, 5) is 10.5. The predicted octanol–water partition coefficient (Wildman–Crippen LogP) is 2.20. The van der Waals surface area contributed by atoms with Crippen molar-refractivity contribution in [3.8, 4) is 0 Å². The summed E-state index contributed by atoms with van der Waals surface area (Å²) in [6.07, 6.45) is 2.70. The van der Waals surface area contributed by atoms with E-state index in [2.05, 4.69) is 5.32 Å². The molecule has 0 amide bonds. The van der Waals surface area contributed by atoms with Crippen molar-refractivity contribution in [1.29, 1.82) is 0 Å². The summed E-state index contributed by atoms with van der Waals surface area (Å²) in [6.45, 7) is 2.34. The van der Waals surface area contributed by atoms with Crippen LogP contribution in [0, 0.1) is 10.1 Å². The van der Waals surface area contributed by atoms with Crippen molar-refractivity contribution in [3.05, 3.63) is 28.3 Å². The lowest BCUT2D eigenvalue weighted by Crippen LogP contribution is -2.41. The fourth-order valence-electron chi connectivity index (χ4n) is 2.28. The van der Waals surface area contributed by atoms with Crippen LogP contribution in [0.3, 0.4) is 0 Å². The van der Waals surface area contributed by atoms with Crippen LogP contribution in [0.2, 0.25) is 0 Å². The molecule has 0 unspecified atom stereocenters. The zero-order valence-corrected chi connectivity index (χ0v) is 12.9. The van der Waals surface area contributed by atoms with E-state index in [-0.39, 0.29) is 16.6 Å². The van der Waals surface area contributed by atoms with Gasteiger partial charge in [0.25, 0.3) is 5.69 Å². The minimum absolute atomic E-state index is 0.00231. The maximum atomic E-state index is 12.5. The Morgan fingerprint density at radius 2 is 2.10 bits per heavy atom.